The number of nitrogens with one attached hydrogen (secondary N) is 1. The Morgan fingerprint density at radius 1 is 1.69 bits per heavy atom. The number of hydrogen-bond acceptors (Lipinski definition) is 5. The van der Waals surface area contributed by atoms with E-state index in [4.69, 9.17) is 14.7 Å². The van der Waals surface area contributed by atoms with Crippen molar-refractivity contribution in [1.82, 2.24) is 10.3 Å². The summed E-state index contributed by atoms with van der Waals surface area (Å²) >= 11 is 0. The molecular weight excluding hydrogens is 206 g/mol. The van der Waals surface area contributed by atoms with Crippen molar-refractivity contribution in [3.63, 3.8) is 0 Å². The van der Waals surface area contributed by atoms with Gasteiger partial charge in [-0.15, -0.1) is 0 Å². The van der Waals surface area contributed by atoms with Crippen LogP contribution in [-0.2, 0) is 4.74 Å². The molecule has 5 nitrogen and oxygen atoms in total. The molecule has 0 radical (unpaired) electrons. The van der Waals surface area contributed by atoms with Gasteiger partial charge in [-0.05, 0) is 6.07 Å². The lowest BCUT2D eigenvalue weighted by atomic mass is 10.1. The Hall–Kier alpha value is -1.64. The molecule has 1 fully saturated rings. The highest BCUT2D eigenvalue weighted by atomic mass is 16.5. The van der Waals surface area contributed by atoms with Crippen LogP contribution in [0.2, 0.25) is 0 Å². The summed E-state index contributed by atoms with van der Waals surface area (Å²) in [7, 11) is 1.54. The largest absolute Gasteiger partial charge is 0.495 e. The molecule has 0 aliphatic carbocycles. The van der Waals surface area contributed by atoms with Crippen molar-refractivity contribution in [3.8, 4) is 11.8 Å². The van der Waals surface area contributed by atoms with Gasteiger partial charge >= 0.3 is 0 Å². The van der Waals surface area contributed by atoms with E-state index in [1.807, 2.05) is 0 Å². The van der Waals surface area contributed by atoms with Crippen LogP contribution in [0.25, 0.3) is 0 Å². The molecule has 1 aromatic rings. The summed E-state index contributed by atoms with van der Waals surface area (Å²) in [6.45, 7) is 2.14. The van der Waals surface area contributed by atoms with Crippen LogP contribution in [-0.4, -0.2) is 31.8 Å². The molecule has 5 heteroatoms. The van der Waals surface area contributed by atoms with Gasteiger partial charge in [-0.25, -0.2) is 0 Å². The Morgan fingerprint density at radius 3 is 3.19 bits per heavy atom. The maximum Gasteiger partial charge on any atom is 0.140 e. The smallest absolute Gasteiger partial charge is 0.140 e. The molecule has 84 valence electrons. The molecule has 1 aliphatic rings. The number of pyridine rings is 1. The predicted molar refractivity (Wildman–Crippen MR) is 57.1 cm³/mol. The quantitative estimate of drug-likeness (QED) is 0.789. The van der Waals surface area contributed by atoms with Crippen molar-refractivity contribution in [3.05, 3.63) is 23.5 Å². The molecule has 16 heavy (non-hydrogen) atoms. The third-order valence-electron chi connectivity index (χ3n) is 2.51. The second-order valence-electron chi connectivity index (χ2n) is 3.45. The molecule has 1 aromatic heterocycles. The topological polar surface area (TPSA) is 67.2 Å². The number of aromatic nitrogens is 1. The minimum atomic E-state index is -0.168. The Balaban J connectivity index is 2.35. The molecule has 2 heterocycles. The van der Waals surface area contributed by atoms with Crippen LogP contribution < -0.4 is 10.1 Å². The summed E-state index contributed by atoms with van der Waals surface area (Å²) in [6.07, 6.45) is 1.46. The first-order valence-electron chi connectivity index (χ1n) is 5.12. The van der Waals surface area contributed by atoms with Crippen LogP contribution in [0, 0.1) is 11.3 Å². The van der Waals surface area contributed by atoms with E-state index >= 15 is 0 Å². The van der Waals surface area contributed by atoms with Gasteiger partial charge in [0.15, 0.2) is 0 Å². The number of nitriles is 1. The highest BCUT2D eigenvalue weighted by Crippen LogP contribution is 2.26. The van der Waals surface area contributed by atoms with E-state index in [9.17, 15) is 0 Å². The van der Waals surface area contributed by atoms with Crippen LogP contribution in [0.15, 0.2) is 12.3 Å². The highest BCUT2D eigenvalue weighted by molar-refractivity contribution is 5.46. The van der Waals surface area contributed by atoms with Crippen LogP contribution >= 0.6 is 0 Å². The molecule has 1 atom stereocenters. The molecule has 0 saturated carbocycles. The molecule has 0 amide bonds. The summed E-state index contributed by atoms with van der Waals surface area (Å²) in [5.41, 5.74) is 1.10. The lowest BCUT2D eigenvalue weighted by Crippen LogP contribution is -2.34. The number of methoxy groups -OCH3 is 1. The van der Waals surface area contributed by atoms with Crippen LogP contribution in [0.5, 0.6) is 5.75 Å². The zero-order valence-electron chi connectivity index (χ0n) is 9.06. The SMILES string of the molecule is COc1ccnc(C2CNCCO2)c1C#N. The lowest BCUT2D eigenvalue weighted by molar-refractivity contribution is 0.0247. The van der Waals surface area contributed by atoms with Crippen molar-refractivity contribution in [2.45, 2.75) is 6.10 Å². The lowest BCUT2D eigenvalue weighted by Gasteiger charge is -2.24. The van der Waals surface area contributed by atoms with Crippen LogP contribution in [0.1, 0.15) is 17.4 Å². The van der Waals surface area contributed by atoms with Crippen molar-refractivity contribution < 1.29 is 9.47 Å². The number of morpholine rings is 1. The maximum atomic E-state index is 9.12. The minimum Gasteiger partial charge on any atom is -0.495 e. The Morgan fingerprint density at radius 2 is 2.56 bits per heavy atom. The molecule has 0 bridgehead atoms. The third-order valence-corrected chi connectivity index (χ3v) is 2.51. The second kappa shape index (κ2) is 4.92. The van der Waals surface area contributed by atoms with E-state index in [1.165, 1.54) is 0 Å². The van der Waals surface area contributed by atoms with Crippen molar-refractivity contribution in [1.29, 1.82) is 5.26 Å². The van der Waals surface area contributed by atoms with E-state index in [0.29, 0.717) is 30.2 Å². The summed E-state index contributed by atoms with van der Waals surface area (Å²) in [6, 6.07) is 3.80. The van der Waals surface area contributed by atoms with Crippen molar-refractivity contribution in [2.75, 3.05) is 26.8 Å². The third kappa shape index (κ3) is 1.98. The molecule has 2 rings (SSSR count). The Bertz CT molecular complexity index is 408. The van der Waals surface area contributed by atoms with Gasteiger partial charge in [0.1, 0.15) is 23.5 Å². The first-order valence-corrected chi connectivity index (χ1v) is 5.12. The van der Waals surface area contributed by atoms with Gasteiger partial charge in [0.2, 0.25) is 0 Å². The predicted octanol–water partition coefficient (Wildman–Crippen LogP) is 0.623. The van der Waals surface area contributed by atoms with Gasteiger partial charge < -0.3 is 14.8 Å². The summed E-state index contributed by atoms with van der Waals surface area (Å²) in [4.78, 5) is 4.21. The highest BCUT2D eigenvalue weighted by Gasteiger charge is 2.22. The molecule has 1 aliphatic heterocycles. The van der Waals surface area contributed by atoms with E-state index in [2.05, 4.69) is 16.4 Å². The van der Waals surface area contributed by atoms with Crippen LogP contribution in [0.3, 0.4) is 0 Å². The van der Waals surface area contributed by atoms with E-state index < -0.39 is 0 Å². The zero-order chi connectivity index (χ0) is 11.4. The first-order chi connectivity index (χ1) is 7.86. The Labute approximate surface area is 94.0 Å². The van der Waals surface area contributed by atoms with Crippen molar-refractivity contribution >= 4 is 0 Å². The number of hydrogen-bond donors (Lipinski definition) is 1. The first kappa shape index (κ1) is 10.9. The Kier molecular flexibility index (Phi) is 3.34. The van der Waals surface area contributed by atoms with E-state index in [-0.39, 0.29) is 6.10 Å². The minimum absolute atomic E-state index is 0.168. The molecule has 1 saturated heterocycles. The van der Waals surface area contributed by atoms with Gasteiger partial charge in [0, 0.05) is 19.3 Å². The normalized spacial score (nSPS) is 20.1. The second-order valence-corrected chi connectivity index (χ2v) is 3.45. The molecule has 1 N–H and O–H groups in total. The molecule has 0 aromatic carbocycles. The molecule has 1 unspecified atom stereocenters. The molecular formula is C11H13N3O2. The maximum absolute atomic E-state index is 9.12. The fraction of sp³-hybridized carbons (Fsp3) is 0.455. The standard InChI is InChI=1S/C11H13N3O2/c1-15-9-2-3-14-11(8(9)6-12)10-7-13-4-5-16-10/h2-3,10,13H,4-5,7H2,1H3. The van der Waals surface area contributed by atoms with Gasteiger partial charge in [0.25, 0.3) is 0 Å². The zero-order valence-corrected chi connectivity index (χ0v) is 9.06. The van der Waals surface area contributed by atoms with Gasteiger partial charge in [-0.2, -0.15) is 5.26 Å². The van der Waals surface area contributed by atoms with Gasteiger partial charge in [-0.3, -0.25) is 4.98 Å². The number of rotatable bonds is 2. The van der Waals surface area contributed by atoms with Gasteiger partial charge in [0.05, 0.1) is 19.4 Å². The fourth-order valence-electron chi connectivity index (χ4n) is 1.73. The molecule has 0 spiro atoms. The van der Waals surface area contributed by atoms with Crippen molar-refractivity contribution in [2.24, 2.45) is 0 Å². The average molecular weight is 219 g/mol. The number of ether oxygens (including phenoxy) is 2. The monoisotopic (exact) mass is 219 g/mol. The summed E-state index contributed by atoms with van der Waals surface area (Å²) in [5, 5.41) is 12.3. The number of nitrogens with zero attached hydrogens (tertiary/aromatic N) is 2. The summed E-state index contributed by atoms with van der Waals surface area (Å²) < 4.78 is 10.7. The van der Waals surface area contributed by atoms with Gasteiger partial charge in [-0.1, -0.05) is 0 Å². The average Bonchev–Trinajstić information content (AvgIpc) is 2.38. The van der Waals surface area contributed by atoms with Crippen LogP contribution in [0.4, 0.5) is 0 Å². The summed E-state index contributed by atoms with van der Waals surface area (Å²) in [5.74, 6) is 0.543. The van der Waals surface area contributed by atoms with E-state index in [1.54, 1.807) is 19.4 Å². The van der Waals surface area contributed by atoms with E-state index in [0.717, 1.165) is 6.54 Å². The fourth-order valence-corrected chi connectivity index (χ4v) is 1.73.